The van der Waals surface area contributed by atoms with E-state index in [0.717, 1.165) is 53.0 Å². The second kappa shape index (κ2) is 17.2. The lowest BCUT2D eigenvalue weighted by Crippen LogP contribution is -2.59. The van der Waals surface area contributed by atoms with Gasteiger partial charge in [-0.2, -0.15) is 0 Å². The van der Waals surface area contributed by atoms with Crippen molar-refractivity contribution < 1.29 is 33.1 Å². The highest BCUT2D eigenvalue weighted by Crippen LogP contribution is 2.39. The first-order valence-electron chi connectivity index (χ1n) is 18.8. The van der Waals surface area contributed by atoms with E-state index in [1.165, 1.54) is 11.3 Å². The summed E-state index contributed by atoms with van der Waals surface area (Å²) in [6, 6.07) is 16.0. The van der Waals surface area contributed by atoms with Gasteiger partial charge in [-0.25, -0.2) is 8.78 Å². The minimum atomic E-state index is -0.793. The number of fused-ring (bicyclic) bond motifs is 1. The van der Waals surface area contributed by atoms with Gasteiger partial charge in [-0.05, 0) is 105 Å². The van der Waals surface area contributed by atoms with Crippen LogP contribution in [-0.4, -0.2) is 63.7 Å². The van der Waals surface area contributed by atoms with Crippen LogP contribution in [0, 0.1) is 11.6 Å². The van der Waals surface area contributed by atoms with Crippen molar-refractivity contribution in [1.29, 1.82) is 0 Å². The summed E-state index contributed by atoms with van der Waals surface area (Å²) in [5.41, 5.74) is 8.39. The number of aliphatic hydroxyl groups excluding tert-OH is 1. The molecule has 6 rings (SSSR count). The summed E-state index contributed by atoms with van der Waals surface area (Å²) >= 11 is 1.35. The Labute approximate surface area is 329 Å². The van der Waals surface area contributed by atoms with Crippen molar-refractivity contribution in [3.8, 4) is 0 Å². The predicted octanol–water partition coefficient (Wildman–Crippen LogP) is 7.57. The molecule has 3 aromatic carbocycles. The summed E-state index contributed by atoms with van der Waals surface area (Å²) in [7, 11) is 0. The third kappa shape index (κ3) is 9.51. The highest BCUT2D eigenvalue weighted by atomic mass is 32.1. The largest absolute Gasteiger partial charge is 0.513 e. The molecule has 0 saturated carbocycles. The van der Waals surface area contributed by atoms with Crippen molar-refractivity contribution >= 4 is 45.7 Å². The average molecular weight is 784 g/mol. The summed E-state index contributed by atoms with van der Waals surface area (Å²) < 4.78 is 30.6. The fourth-order valence-corrected chi connectivity index (χ4v) is 8.70. The number of aryl methyl sites for hydroxylation is 2. The zero-order valence-corrected chi connectivity index (χ0v) is 32.5. The van der Waals surface area contributed by atoms with Crippen LogP contribution in [0.5, 0.6) is 0 Å². The summed E-state index contributed by atoms with van der Waals surface area (Å²) in [5, 5.41) is 15.4. The number of rotatable bonds is 13. The number of allylic oxidation sites excluding steroid dienone is 1. The molecule has 1 saturated heterocycles. The zero-order valence-electron chi connectivity index (χ0n) is 31.7. The van der Waals surface area contributed by atoms with Crippen LogP contribution in [0.4, 0.5) is 19.5 Å². The quantitative estimate of drug-likeness (QED) is 0.103. The molecule has 0 spiro atoms. The summed E-state index contributed by atoms with van der Waals surface area (Å²) in [5.74, 6) is -3.12. The van der Waals surface area contributed by atoms with Gasteiger partial charge in [-0.3, -0.25) is 24.1 Å². The third-order valence-corrected chi connectivity index (χ3v) is 11.8. The Bertz CT molecular complexity index is 2140. The van der Waals surface area contributed by atoms with E-state index in [0.29, 0.717) is 60.7 Å². The van der Waals surface area contributed by atoms with Crippen LogP contribution in [0.2, 0.25) is 0 Å². The van der Waals surface area contributed by atoms with Gasteiger partial charge in [0.2, 0.25) is 11.8 Å². The molecule has 1 aliphatic heterocycles. The van der Waals surface area contributed by atoms with E-state index in [-0.39, 0.29) is 53.6 Å². The molecule has 0 atom stereocenters. The molecule has 0 bridgehead atoms. The van der Waals surface area contributed by atoms with E-state index in [4.69, 9.17) is 5.73 Å². The summed E-state index contributed by atoms with van der Waals surface area (Å²) in [6.45, 7) is 9.89. The molecule has 10 nitrogen and oxygen atoms in total. The Hall–Kier alpha value is -5.40. The highest BCUT2D eigenvalue weighted by molar-refractivity contribution is 7.17. The molecule has 2 heterocycles. The number of nitrogens with zero attached hydrogens (tertiary/aromatic N) is 2. The van der Waals surface area contributed by atoms with E-state index in [1.54, 1.807) is 30.3 Å². The van der Waals surface area contributed by atoms with Crippen molar-refractivity contribution in [2.24, 2.45) is 5.73 Å². The van der Waals surface area contributed by atoms with Crippen LogP contribution >= 0.6 is 11.3 Å². The van der Waals surface area contributed by atoms with Crippen molar-refractivity contribution in [3.05, 3.63) is 128 Å². The molecule has 2 aliphatic rings. The van der Waals surface area contributed by atoms with Crippen LogP contribution in [0.3, 0.4) is 0 Å². The highest BCUT2D eigenvalue weighted by Gasteiger charge is 2.35. The Kier molecular flexibility index (Phi) is 12.3. The number of amides is 4. The smallest absolute Gasteiger partial charge is 0.258 e. The number of carbonyl (C=O) groups excluding carboxylic acids is 4. The van der Waals surface area contributed by atoms with Gasteiger partial charge in [-0.1, -0.05) is 30.8 Å². The summed E-state index contributed by atoms with van der Waals surface area (Å²) in [6.07, 6.45) is 4.08. The molecule has 4 amide bonds. The topological polar surface area (TPSA) is 145 Å². The van der Waals surface area contributed by atoms with Crippen LogP contribution in [0.25, 0.3) is 0 Å². The number of piperazine rings is 1. The van der Waals surface area contributed by atoms with Crippen LogP contribution < -0.4 is 16.4 Å². The molecule has 1 fully saturated rings. The molecule has 0 radical (unpaired) electrons. The number of nitrogens with two attached hydrogens (primary N) is 1. The molecule has 5 N–H and O–H groups in total. The molecule has 294 valence electrons. The van der Waals surface area contributed by atoms with Crippen LogP contribution in [-0.2, 0) is 37.0 Å². The predicted molar refractivity (Wildman–Crippen MR) is 214 cm³/mol. The monoisotopic (exact) mass is 783 g/mol. The molecule has 1 aromatic heterocycles. The number of nitrogens with one attached hydrogen (secondary N) is 2. The lowest BCUT2D eigenvalue weighted by atomic mass is 9.95. The van der Waals surface area contributed by atoms with Crippen molar-refractivity contribution in [2.75, 3.05) is 30.3 Å². The van der Waals surface area contributed by atoms with Gasteiger partial charge in [0.25, 0.3) is 11.8 Å². The van der Waals surface area contributed by atoms with Gasteiger partial charge >= 0.3 is 0 Å². The molecule has 4 aromatic rings. The minimum absolute atomic E-state index is 0.00553. The normalized spacial score (nSPS) is 15.2. The average Bonchev–Trinajstić information content (AvgIpc) is 3.52. The zero-order chi connectivity index (χ0) is 40.1. The van der Waals surface area contributed by atoms with E-state index in [2.05, 4.69) is 36.0 Å². The maximum atomic E-state index is 15.3. The standard InChI is InChI=1S/C43H47F2N5O5S/c1-26(51)11-18-37(52)49-19-20-50(43(2,3)25-49)24-28-7-6-8-30(21-28)40(54)48-42-38(33-9-4-5-10-36(33)56-42)41(55)47-31-22-34(44)32(35(45)23-31)17-14-27-12-15-29(16-13-27)39(46)53/h6-8,12-13,15-16,21-23,51H,1,4-5,9-11,14,17-20,24-25H2,2-3H3,(H2,46,53)(H,47,55)(H,48,54). The maximum absolute atomic E-state index is 15.3. The molecular weight excluding hydrogens is 737 g/mol. The van der Waals surface area contributed by atoms with Gasteiger partial charge in [0, 0.05) is 71.8 Å². The Morgan fingerprint density at radius 2 is 1.59 bits per heavy atom. The fourth-order valence-electron chi connectivity index (χ4n) is 7.42. The number of primary amides is 1. The van der Waals surface area contributed by atoms with Crippen molar-refractivity contribution in [2.45, 2.75) is 77.3 Å². The second-order valence-corrected chi connectivity index (χ2v) is 16.2. The number of thiophene rings is 1. The first-order valence-corrected chi connectivity index (χ1v) is 19.6. The number of aliphatic hydroxyl groups is 1. The fraction of sp³-hybridized carbons (Fsp3) is 0.349. The van der Waals surface area contributed by atoms with Crippen molar-refractivity contribution in [3.63, 3.8) is 0 Å². The lowest BCUT2D eigenvalue weighted by Gasteiger charge is -2.47. The summed E-state index contributed by atoms with van der Waals surface area (Å²) in [4.78, 5) is 56.8. The number of hydrogen-bond acceptors (Lipinski definition) is 7. The van der Waals surface area contributed by atoms with E-state index >= 15 is 8.78 Å². The van der Waals surface area contributed by atoms with E-state index < -0.39 is 23.4 Å². The number of anilines is 2. The number of halogens is 2. The Morgan fingerprint density at radius 3 is 2.27 bits per heavy atom. The Morgan fingerprint density at radius 1 is 0.875 bits per heavy atom. The molecular formula is C43H47F2N5O5S. The molecule has 56 heavy (non-hydrogen) atoms. The van der Waals surface area contributed by atoms with Crippen LogP contribution in [0.15, 0.2) is 73.0 Å². The van der Waals surface area contributed by atoms with Gasteiger partial charge in [0.1, 0.15) is 16.6 Å². The number of carbonyl (C=O) groups is 4. The van der Waals surface area contributed by atoms with E-state index in [9.17, 15) is 24.3 Å². The van der Waals surface area contributed by atoms with Gasteiger partial charge in [0.05, 0.1) is 11.3 Å². The second-order valence-electron chi connectivity index (χ2n) is 15.1. The molecule has 13 heteroatoms. The Balaban J connectivity index is 1.13. The minimum Gasteiger partial charge on any atom is -0.513 e. The van der Waals surface area contributed by atoms with Gasteiger partial charge in [-0.15, -0.1) is 11.3 Å². The van der Waals surface area contributed by atoms with E-state index in [1.807, 2.05) is 23.1 Å². The number of benzene rings is 3. The van der Waals surface area contributed by atoms with Gasteiger partial charge < -0.3 is 26.4 Å². The SMILES string of the molecule is C=C(O)CCC(=O)N1CCN(Cc2cccc(C(=O)Nc3sc4c(c3C(=O)Nc3cc(F)c(CCc5ccc(C(N)=O)cc5)c(F)c3)CCCC4)c2)C(C)(C)C1. The third-order valence-electron chi connectivity index (χ3n) is 10.5. The van der Waals surface area contributed by atoms with Crippen molar-refractivity contribution in [1.82, 2.24) is 9.80 Å². The first kappa shape index (κ1) is 40.3. The molecule has 1 aliphatic carbocycles. The first-order chi connectivity index (χ1) is 26.7. The van der Waals surface area contributed by atoms with Crippen LogP contribution in [0.1, 0.15) is 97.7 Å². The van der Waals surface area contributed by atoms with Gasteiger partial charge in [0.15, 0.2) is 0 Å². The number of hydrogen-bond donors (Lipinski definition) is 4. The maximum Gasteiger partial charge on any atom is 0.258 e. The molecule has 0 unspecified atom stereocenters. The lowest BCUT2D eigenvalue weighted by molar-refractivity contribution is -0.136.